The van der Waals surface area contributed by atoms with E-state index in [1.807, 2.05) is 0 Å². The van der Waals surface area contributed by atoms with E-state index in [1.165, 1.54) is 7.11 Å². The van der Waals surface area contributed by atoms with Crippen LogP contribution in [0.1, 0.15) is 38.5 Å². The van der Waals surface area contributed by atoms with Crippen molar-refractivity contribution in [3.05, 3.63) is 0 Å². The van der Waals surface area contributed by atoms with Crippen molar-refractivity contribution in [1.29, 1.82) is 0 Å². The molecule has 2 bridgehead atoms. The van der Waals surface area contributed by atoms with E-state index in [-0.39, 0.29) is 35.5 Å². The second kappa shape index (κ2) is 5.61. The van der Waals surface area contributed by atoms with Crippen LogP contribution in [-0.2, 0) is 19.6 Å². The maximum absolute atomic E-state index is 11.8. The Balaban J connectivity index is 0.00000180. The number of esters is 1. The average Bonchev–Trinajstić information content (AvgIpc) is 2.38. The van der Waals surface area contributed by atoms with Crippen molar-refractivity contribution < 1.29 is 57.2 Å². The SMILES string of the molecule is COC(=O)C12CCC(C(O)S(=O)(=O)[O-])(CC1)CC2.[Na+]. The van der Waals surface area contributed by atoms with Crippen LogP contribution in [-0.4, -0.2) is 36.6 Å². The third-order valence-electron chi connectivity index (χ3n) is 4.72. The first kappa shape index (κ1) is 17.4. The molecule has 0 amide bonds. The van der Waals surface area contributed by atoms with Crippen molar-refractivity contribution in [2.45, 2.75) is 44.0 Å². The predicted molar refractivity (Wildman–Crippen MR) is 60.3 cm³/mol. The zero-order valence-electron chi connectivity index (χ0n) is 11.2. The molecule has 0 aliphatic heterocycles. The van der Waals surface area contributed by atoms with Gasteiger partial charge in [-0.15, -0.1) is 0 Å². The topological polar surface area (TPSA) is 104 Å². The minimum absolute atomic E-state index is 0. The Bertz CT molecular complexity index is 435. The molecule has 3 rings (SSSR count). The Morgan fingerprint density at radius 3 is 1.95 bits per heavy atom. The van der Waals surface area contributed by atoms with E-state index in [4.69, 9.17) is 4.74 Å². The van der Waals surface area contributed by atoms with E-state index in [2.05, 4.69) is 0 Å². The maximum Gasteiger partial charge on any atom is 1.00 e. The van der Waals surface area contributed by atoms with E-state index in [9.17, 15) is 22.9 Å². The van der Waals surface area contributed by atoms with E-state index in [0.717, 1.165) is 0 Å². The van der Waals surface area contributed by atoms with Crippen LogP contribution in [0.4, 0.5) is 0 Å². The van der Waals surface area contributed by atoms with Crippen molar-refractivity contribution in [1.82, 2.24) is 0 Å². The molecular formula is C11H17NaO6S. The van der Waals surface area contributed by atoms with Gasteiger partial charge in [-0.25, -0.2) is 8.42 Å². The molecule has 3 saturated carbocycles. The standard InChI is InChI=1S/C11H18O6S.Na/c1-17-8(12)10-2-5-11(6-3-10,7-4-10)9(13)18(14,15)16;/h9,13H,2-7H2,1H3,(H,14,15,16);/q;+1/p-1. The van der Waals surface area contributed by atoms with Gasteiger partial charge in [-0.2, -0.15) is 0 Å². The average molecular weight is 300 g/mol. The van der Waals surface area contributed by atoms with Crippen molar-refractivity contribution in [3.63, 3.8) is 0 Å². The van der Waals surface area contributed by atoms with Gasteiger partial charge in [0.1, 0.15) is 15.6 Å². The molecule has 0 aromatic carbocycles. The van der Waals surface area contributed by atoms with Gasteiger partial charge in [-0.1, -0.05) is 0 Å². The largest absolute Gasteiger partial charge is 1.00 e. The van der Waals surface area contributed by atoms with Crippen LogP contribution < -0.4 is 29.6 Å². The molecule has 0 radical (unpaired) electrons. The first-order valence-electron chi connectivity index (χ1n) is 5.97. The van der Waals surface area contributed by atoms with Gasteiger partial charge in [0.25, 0.3) is 0 Å². The molecule has 3 aliphatic carbocycles. The summed E-state index contributed by atoms with van der Waals surface area (Å²) in [5.74, 6) is -0.268. The van der Waals surface area contributed by atoms with Gasteiger partial charge >= 0.3 is 35.5 Å². The first-order chi connectivity index (χ1) is 8.26. The molecule has 6 nitrogen and oxygen atoms in total. The summed E-state index contributed by atoms with van der Waals surface area (Å²) < 4.78 is 37.7. The summed E-state index contributed by atoms with van der Waals surface area (Å²) >= 11 is 0. The van der Waals surface area contributed by atoms with Crippen molar-refractivity contribution >= 4 is 16.1 Å². The molecule has 104 valence electrons. The van der Waals surface area contributed by atoms with Gasteiger partial charge in [0.15, 0.2) is 0 Å². The van der Waals surface area contributed by atoms with E-state index in [0.29, 0.717) is 38.5 Å². The monoisotopic (exact) mass is 300 g/mol. The summed E-state index contributed by atoms with van der Waals surface area (Å²) in [6.07, 6.45) is 2.57. The van der Waals surface area contributed by atoms with E-state index in [1.54, 1.807) is 0 Å². The maximum atomic E-state index is 11.8. The molecule has 0 spiro atoms. The van der Waals surface area contributed by atoms with Crippen LogP contribution in [0.2, 0.25) is 0 Å². The van der Waals surface area contributed by atoms with E-state index >= 15 is 0 Å². The second-order valence-corrected chi connectivity index (χ2v) is 6.91. The number of aliphatic hydroxyl groups excluding tert-OH is 1. The summed E-state index contributed by atoms with van der Waals surface area (Å²) in [5.41, 5.74) is -3.26. The minimum atomic E-state index is -4.70. The molecule has 0 aromatic heterocycles. The number of methoxy groups -OCH3 is 1. The fourth-order valence-corrected chi connectivity index (χ4v) is 4.38. The smallest absolute Gasteiger partial charge is 0.746 e. The van der Waals surface area contributed by atoms with Crippen molar-refractivity contribution in [2.75, 3.05) is 7.11 Å². The molecule has 1 atom stereocenters. The van der Waals surface area contributed by atoms with Gasteiger partial charge < -0.3 is 14.4 Å². The number of hydrogen-bond acceptors (Lipinski definition) is 6. The molecule has 0 heterocycles. The summed E-state index contributed by atoms with van der Waals surface area (Å²) in [7, 11) is -3.37. The third kappa shape index (κ3) is 2.87. The van der Waals surface area contributed by atoms with Crippen LogP contribution in [0.3, 0.4) is 0 Å². The summed E-state index contributed by atoms with van der Waals surface area (Å²) in [6, 6.07) is 0. The second-order valence-electron chi connectivity index (χ2n) is 5.48. The molecule has 3 aliphatic rings. The van der Waals surface area contributed by atoms with Gasteiger partial charge in [0.05, 0.1) is 12.5 Å². The summed E-state index contributed by atoms with van der Waals surface area (Å²) in [6.45, 7) is 0. The molecule has 1 unspecified atom stereocenters. The Kier molecular flexibility index (Phi) is 5.14. The Morgan fingerprint density at radius 1 is 1.21 bits per heavy atom. The number of ether oxygens (including phenoxy) is 1. The van der Waals surface area contributed by atoms with Crippen LogP contribution in [0, 0.1) is 10.8 Å². The quantitative estimate of drug-likeness (QED) is 0.347. The zero-order valence-corrected chi connectivity index (χ0v) is 14.0. The Labute approximate surface area is 134 Å². The van der Waals surface area contributed by atoms with Crippen LogP contribution in [0.15, 0.2) is 0 Å². The fraction of sp³-hybridized carbons (Fsp3) is 0.909. The van der Waals surface area contributed by atoms with Gasteiger partial charge in [0.2, 0.25) is 0 Å². The number of carbonyl (C=O) groups is 1. The number of hydrogen-bond donors (Lipinski definition) is 1. The van der Waals surface area contributed by atoms with Gasteiger partial charge in [0, 0.05) is 5.41 Å². The molecule has 0 saturated heterocycles. The van der Waals surface area contributed by atoms with Gasteiger partial charge in [-0.3, -0.25) is 4.79 Å². The number of fused-ring (bicyclic) bond motifs is 3. The van der Waals surface area contributed by atoms with E-state index < -0.39 is 26.4 Å². The number of rotatable bonds is 3. The van der Waals surface area contributed by atoms with Crippen molar-refractivity contribution in [2.24, 2.45) is 10.8 Å². The van der Waals surface area contributed by atoms with Gasteiger partial charge in [-0.05, 0) is 38.5 Å². The fourth-order valence-electron chi connectivity index (χ4n) is 3.41. The molecule has 0 aromatic rings. The molecular weight excluding hydrogens is 283 g/mol. The first-order valence-corrected chi connectivity index (χ1v) is 7.44. The summed E-state index contributed by atoms with van der Waals surface area (Å²) in [5, 5.41) is 9.75. The number of carbonyl (C=O) groups excluding carboxylic acids is 1. The normalized spacial score (nSPS) is 35.3. The summed E-state index contributed by atoms with van der Waals surface area (Å²) in [4.78, 5) is 11.8. The van der Waals surface area contributed by atoms with Crippen molar-refractivity contribution in [3.8, 4) is 0 Å². The van der Waals surface area contributed by atoms with Crippen LogP contribution in [0.5, 0.6) is 0 Å². The Hall–Kier alpha value is 0.340. The third-order valence-corrected chi connectivity index (χ3v) is 5.77. The predicted octanol–water partition coefficient (Wildman–Crippen LogP) is -2.63. The zero-order chi connectivity index (χ0) is 13.6. The molecule has 19 heavy (non-hydrogen) atoms. The molecule has 1 N–H and O–H groups in total. The molecule has 3 fully saturated rings. The minimum Gasteiger partial charge on any atom is -0.746 e. The van der Waals surface area contributed by atoms with Crippen LogP contribution in [0.25, 0.3) is 0 Å². The number of aliphatic hydroxyl groups is 1. The Morgan fingerprint density at radius 2 is 1.63 bits per heavy atom. The molecule has 8 heteroatoms. The van der Waals surface area contributed by atoms with Crippen LogP contribution >= 0.6 is 0 Å².